The Morgan fingerprint density at radius 1 is 1.02 bits per heavy atom. The van der Waals surface area contributed by atoms with E-state index in [0.29, 0.717) is 11.7 Å². The van der Waals surface area contributed by atoms with Crippen molar-refractivity contribution in [3.8, 4) is 5.75 Å². The molecule has 0 spiro atoms. The minimum absolute atomic E-state index is 0.0208. The zero-order valence-corrected chi connectivity index (χ0v) is 30.2. The van der Waals surface area contributed by atoms with Gasteiger partial charge < -0.3 is 30.0 Å². The Labute approximate surface area is 309 Å². The number of phenolic OH excluding ortho intramolecular Hbond substituents is 1. The van der Waals surface area contributed by atoms with Gasteiger partial charge in [0.15, 0.2) is 0 Å². The molecule has 4 amide bonds. The number of fused-ring (bicyclic) bond motifs is 1. The van der Waals surface area contributed by atoms with Crippen LogP contribution in [0, 0.1) is 5.82 Å². The lowest BCUT2D eigenvalue weighted by Crippen LogP contribution is -2.76. The first-order valence-electron chi connectivity index (χ1n) is 18.4. The Morgan fingerprint density at radius 3 is 2.51 bits per heavy atom. The molecule has 0 saturated carbocycles. The SMILES string of the molecule is C=CCN1CC(=O)N2C(CN(Cc3cccc(N4CC(N5CCN(CC)CC5)C4)n3)C(=O)[C@@H]2Cc2ccc(O)cc2F)N1C(=O)NCc1ccccc1. The predicted octanol–water partition coefficient (Wildman–Crippen LogP) is 2.49. The minimum Gasteiger partial charge on any atom is -0.508 e. The Balaban J connectivity index is 1.14. The number of pyridine rings is 1. The Morgan fingerprint density at radius 2 is 1.79 bits per heavy atom. The number of rotatable bonds is 11. The quantitative estimate of drug-likeness (QED) is 0.288. The van der Waals surface area contributed by atoms with Crippen LogP contribution in [-0.2, 0) is 29.1 Å². The molecule has 53 heavy (non-hydrogen) atoms. The summed E-state index contributed by atoms with van der Waals surface area (Å²) in [5, 5.41) is 16.0. The van der Waals surface area contributed by atoms with Crippen molar-refractivity contribution in [3.05, 3.63) is 102 Å². The standard InChI is InChI=1S/C39H48FN9O4/c1-3-15-47-27-37(51)48-34(20-29-13-14-32(50)21-33(29)40)38(52)46(26-36(48)49(47)39(53)41-22-28-9-6-5-7-10-28)23-30-11-8-12-35(42-30)45-24-31(25-45)44-18-16-43(4-2)17-19-44/h3,5-14,21,31,34,36,50H,1,4,15-20,22-27H2,2H3,(H,41,53)/t34-,36?/m0/s1. The summed E-state index contributed by atoms with van der Waals surface area (Å²) < 4.78 is 15.2. The number of likely N-dealkylation sites (N-methyl/N-ethyl adjacent to an activating group) is 1. The number of halogens is 1. The van der Waals surface area contributed by atoms with E-state index >= 15 is 4.39 Å². The van der Waals surface area contributed by atoms with Gasteiger partial charge in [0, 0.05) is 70.9 Å². The van der Waals surface area contributed by atoms with E-state index in [1.54, 1.807) is 16.0 Å². The maximum atomic E-state index is 15.2. The van der Waals surface area contributed by atoms with E-state index in [4.69, 9.17) is 4.98 Å². The molecule has 1 unspecified atom stereocenters. The van der Waals surface area contributed by atoms with Gasteiger partial charge in [0.05, 0.1) is 25.3 Å². The molecular weight excluding hydrogens is 677 g/mol. The summed E-state index contributed by atoms with van der Waals surface area (Å²) in [4.78, 5) is 57.7. The summed E-state index contributed by atoms with van der Waals surface area (Å²) in [6.07, 6.45) is 0.596. The fraction of sp³-hybridized carbons (Fsp3) is 0.436. The molecule has 4 aliphatic rings. The number of hydrazine groups is 1. The van der Waals surface area contributed by atoms with Gasteiger partial charge in [-0.2, -0.15) is 0 Å². The van der Waals surface area contributed by atoms with E-state index in [2.05, 4.69) is 33.5 Å². The minimum atomic E-state index is -1.11. The number of carbonyl (C=O) groups is 3. The van der Waals surface area contributed by atoms with Crippen LogP contribution in [0.3, 0.4) is 0 Å². The number of aromatic nitrogens is 1. The van der Waals surface area contributed by atoms with Crippen molar-refractivity contribution in [2.45, 2.75) is 44.7 Å². The van der Waals surface area contributed by atoms with Gasteiger partial charge in [-0.1, -0.05) is 55.5 Å². The highest BCUT2D eigenvalue weighted by molar-refractivity contribution is 5.91. The van der Waals surface area contributed by atoms with Crippen LogP contribution >= 0.6 is 0 Å². The number of carbonyl (C=O) groups excluding carboxylic acids is 3. The van der Waals surface area contributed by atoms with Crippen molar-refractivity contribution in [1.29, 1.82) is 0 Å². The first kappa shape index (κ1) is 36.3. The summed E-state index contributed by atoms with van der Waals surface area (Å²) in [7, 11) is 0. The van der Waals surface area contributed by atoms with Crippen LogP contribution in [0.15, 0.2) is 79.4 Å². The second-order valence-corrected chi connectivity index (χ2v) is 14.1. The Hall–Kier alpha value is -5.05. The Bertz CT molecular complexity index is 1800. The zero-order chi connectivity index (χ0) is 37.1. The molecule has 4 fully saturated rings. The number of nitrogens with one attached hydrogen (secondary N) is 1. The zero-order valence-electron chi connectivity index (χ0n) is 30.2. The average Bonchev–Trinajstić information content (AvgIpc) is 3.14. The summed E-state index contributed by atoms with van der Waals surface area (Å²) >= 11 is 0. The summed E-state index contributed by atoms with van der Waals surface area (Å²) in [5.74, 6) is -0.812. The number of phenols is 1. The van der Waals surface area contributed by atoms with Gasteiger partial charge in [-0.3, -0.25) is 14.5 Å². The lowest BCUT2D eigenvalue weighted by molar-refractivity contribution is -0.189. The second kappa shape index (κ2) is 15.9. The highest BCUT2D eigenvalue weighted by Crippen LogP contribution is 2.31. The van der Waals surface area contributed by atoms with Crippen LogP contribution in [0.4, 0.5) is 15.0 Å². The summed E-state index contributed by atoms with van der Waals surface area (Å²) in [5.41, 5.74) is 1.75. The largest absolute Gasteiger partial charge is 0.508 e. The maximum absolute atomic E-state index is 15.2. The molecule has 2 atom stereocenters. The first-order valence-corrected chi connectivity index (χ1v) is 18.4. The van der Waals surface area contributed by atoms with E-state index < -0.39 is 24.1 Å². The number of urea groups is 1. The normalized spacial score (nSPS) is 21.8. The molecule has 3 aromatic rings. The third kappa shape index (κ3) is 7.85. The molecular formula is C39H48FN9O4. The van der Waals surface area contributed by atoms with Crippen molar-refractivity contribution in [1.82, 2.24) is 39.9 Å². The number of anilines is 1. The highest BCUT2D eigenvalue weighted by Gasteiger charge is 2.51. The van der Waals surface area contributed by atoms with Gasteiger partial charge in [0.2, 0.25) is 11.8 Å². The van der Waals surface area contributed by atoms with Gasteiger partial charge in [-0.05, 0) is 35.9 Å². The average molecular weight is 726 g/mol. The fourth-order valence-corrected chi connectivity index (χ4v) is 7.85. The van der Waals surface area contributed by atoms with Crippen molar-refractivity contribution in [3.63, 3.8) is 0 Å². The highest BCUT2D eigenvalue weighted by atomic mass is 19.1. The van der Waals surface area contributed by atoms with Crippen LogP contribution in [-0.4, -0.2) is 141 Å². The van der Waals surface area contributed by atoms with E-state index in [-0.39, 0.29) is 62.3 Å². The second-order valence-electron chi connectivity index (χ2n) is 14.1. The van der Waals surface area contributed by atoms with E-state index in [9.17, 15) is 19.5 Å². The van der Waals surface area contributed by atoms with Crippen LogP contribution < -0.4 is 10.2 Å². The van der Waals surface area contributed by atoms with Crippen molar-refractivity contribution in [2.75, 3.05) is 70.3 Å². The monoisotopic (exact) mass is 725 g/mol. The number of benzene rings is 2. The molecule has 7 rings (SSSR count). The molecule has 0 radical (unpaired) electrons. The molecule has 4 aliphatic heterocycles. The first-order chi connectivity index (χ1) is 25.7. The van der Waals surface area contributed by atoms with Crippen LogP contribution in [0.1, 0.15) is 23.7 Å². The molecule has 2 aromatic carbocycles. The maximum Gasteiger partial charge on any atom is 0.334 e. The van der Waals surface area contributed by atoms with Gasteiger partial charge in [-0.25, -0.2) is 24.2 Å². The number of amides is 4. The molecule has 0 bridgehead atoms. The molecule has 1 aromatic heterocycles. The van der Waals surface area contributed by atoms with Crippen LogP contribution in [0.2, 0.25) is 0 Å². The van der Waals surface area contributed by atoms with Gasteiger partial charge in [-0.15, -0.1) is 6.58 Å². The molecule has 2 N–H and O–H groups in total. The molecule has 13 nitrogen and oxygen atoms in total. The molecule has 0 aliphatic carbocycles. The topological polar surface area (TPSA) is 119 Å². The summed E-state index contributed by atoms with van der Waals surface area (Å²) in [6.45, 7) is 13.7. The van der Waals surface area contributed by atoms with Crippen molar-refractivity contribution in [2.24, 2.45) is 0 Å². The van der Waals surface area contributed by atoms with Crippen molar-refractivity contribution >= 4 is 23.7 Å². The predicted molar refractivity (Wildman–Crippen MR) is 198 cm³/mol. The van der Waals surface area contributed by atoms with Gasteiger partial charge >= 0.3 is 6.03 Å². The van der Waals surface area contributed by atoms with E-state index in [1.807, 2.05) is 48.5 Å². The van der Waals surface area contributed by atoms with Crippen LogP contribution in [0.5, 0.6) is 5.75 Å². The van der Waals surface area contributed by atoms with Gasteiger partial charge in [0.25, 0.3) is 0 Å². The number of piperazine rings is 2. The Kier molecular flexibility index (Phi) is 10.9. The number of aromatic hydroxyl groups is 1. The molecule has 5 heterocycles. The summed E-state index contributed by atoms with van der Waals surface area (Å²) in [6, 6.07) is 18.0. The molecule has 280 valence electrons. The van der Waals surface area contributed by atoms with Gasteiger partial charge in [0.1, 0.15) is 29.6 Å². The third-order valence-electron chi connectivity index (χ3n) is 10.8. The third-order valence-corrected chi connectivity index (χ3v) is 10.8. The van der Waals surface area contributed by atoms with Crippen LogP contribution in [0.25, 0.3) is 0 Å². The van der Waals surface area contributed by atoms with Crippen molar-refractivity contribution < 1.29 is 23.9 Å². The van der Waals surface area contributed by atoms with E-state index in [0.717, 1.165) is 63.3 Å². The lowest BCUT2D eigenvalue weighted by Gasteiger charge is -2.55. The number of hydrogen-bond donors (Lipinski definition) is 2. The fourth-order valence-electron chi connectivity index (χ4n) is 7.85. The number of hydrogen-bond acceptors (Lipinski definition) is 9. The smallest absolute Gasteiger partial charge is 0.334 e. The molecule has 14 heteroatoms. The lowest BCUT2D eigenvalue weighted by atomic mass is 9.98. The molecule has 4 saturated heterocycles. The number of nitrogens with zero attached hydrogens (tertiary/aromatic N) is 8. The van der Waals surface area contributed by atoms with E-state index in [1.165, 1.54) is 22.0 Å².